The molecule has 8 heteroatoms. The monoisotopic (exact) mass is 322 g/mol. The van der Waals surface area contributed by atoms with Gasteiger partial charge in [-0.1, -0.05) is 0 Å². The minimum atomic E-state index is -4.47. The molecule has 118 valence electrons. The molecule has 1 fully saturated rings. The van der Waals surface area contributed by atoms with Gasteiger partial charge in [0.1, 0.15) is 0 Å². The third-order valence-corrected chi connectivity index (χ3v) is 5.51. The summed E-state index contributed by atoms with van der Waals surface area (Å²) in [7, 11) is -3.76. The van der Waals surface area contributed by atoms with Gasteiger partial charge in [-0.2, -0.15) is 17.5 Å². The van der Waals surface area contributed by atoms with Gasteiger partial charge in [0.25, 0.3) is 0 Å². The van der Waals surface area contributed by atoms with E-state index in [-0.39, 0.29) is 10.8 Å². The average molecular weight is 322 g/mol. The largest absolute Gasteiger partial charge is 0.416 e. The standard InChI is InChI=1S/C13H17F3N2O2S/c14-13(15,16)11-3-5-12(6-4-11)21(19,20)18-7-1-2-10(8-17)9-18/h3-6,10H,1-2,7-9,17H2. The van der Waals surface area contributed by atoms with Crippen LogP contribution in [0.25, 0.3) is 0 Å². The molecular weight excluding hydrogens is 305 g/mol. The quantitative estimate of drug-likeness (QED) is 0.926. The van der Waals surface area contributed by atoms with Gasteiger partial charge in [0, 0.05) is 13.1 Å². The zero-order valence-corrected chi connectivity index (χ0v) is 12.1. The molecule has 1 aromatic carbocycles. The van der Waals surface area contributed by atoms with Crippen LogP contribution in [0, 0.1) is 5.92 Å². The van der Waals surface area contributed by atoms with Crippen LogP contribution in [-0.4, -0.2) is 32.4 Å². The van der Waals surface area contributed by atoms with Crippen molar-refractivity contribution < 1.29 is 21.6 Å². The Morgan fingerprint density at radius 1 is 1.24 bits per heavy atom. The molecule has 2 N–H and O–H groups in total. The van der Waals surface area contributed by atoms with Gasteiger partial charge in [-0.15, -0.1) is 0 Å². The Hall–Kier alpha value is -1.12. The van der Waals surface area contributed by atoms with Crippen molar-refractivity contribution in [3.8, 4) is 0 Å². The van der Waals surface area contributed by atoms with Crippen LogP contribution < -0.4 is 5.73 Å². The first-order valence-corrected chi connectivity index (χ1v) is 8.06. The van der Waals surface area contributed by atoms with Crippen LogP contribution in [-0.2, 0) is 16.2 Å². The highest BCUT2D eigenvalue weighted by molar-refractivity contribution is 7.89. The Labute approximate surface area is 121 Å². The van der Waals surface area contributed by atoms with Crippen molar-refractivity contribution in [1.82, 2.24) is 4.31 Å². The first kappa shape index (κ1) is 16.3. The van der Waals surface area contributed by atoms with Crippen molar-refractivity contribution in [3.63, 3.8) is 0 Å². The molecule has 4 nitrogen and oxygen atoms in total. The minimum Gasteiger partial charge on any atom is -0.330 e. The van der Waals surface area contributed by atoms with Crippen LogP contribution in [0.1, 0.15) is 18.4 Å². The van der Waals surface area contributed by atoms with Crippen LogP contribution in [0.15, 0.2) is 29.2 Å². The van der Waals surface area contributed by atoms with Crippen LogP contribution in [0.2, 0.25) is 0 Å². The summed E-state index contributed by atoms with van der Waals surface area (Å²) >= 11 is 0. The second kappa shape index (κ2) is 5.94. The summed E-state index contributed by atoms with van der Waals surface area (Å²) in [4.78, 5) is -0.117. The highest BCUT2D eigenvalue weighted by atomic mass is 32.2. The molecule has 0 bridgehead atoms. The molecule has 1 heterocycles. The van der Waals surface area contributed by atoms with Crippen molar-refractivity contribution in [2.75, 3.05) is 19.6 Å². The Kier molecular flexibility index (Phi) is 4.60. The van der Waals surface area contributed by atoms with Crippen LogP contribution in [0.3, 0.4) is 0 Å². The SMILES string of the molecule is NCC1CCCN(S(=O)(=O)c2ccc(C(F)(F)F)cc2)C1. The number of alkyl halides is 3. The lowest BCUT2D eigenvalue weighted by atomic mass is 10.0. The van der Waals surface area contributed by atoms with E-state index >= 15 is 0 Å². The Bertz CT molecular complexity index is 584. The van der Waals surface area contributed by atoms with Crippen molar-refractivity contribution in [1.29, 1.82) is 0 Å². The number of benzene rings is 1. The molecular formula is C13H17F3N2O2S. The molecule has 0 aliphatic carbocycles. The van der Waals surface area contributed by atoms with Gasteiger partial charge in [-0.3, -0.25) is 0 Å². The van der Waals surface area contributed by atoms with Crippen molar-refractivity contribution in [2.45, 2.75) is 23.9 Å². The van der Waals surface area contributed by atoms with Gasteiger partial charge in [-0.25, -0.2) is 8.42 Å². The van der Waals surface area contributed by atoms with Gasteiger partial charge in [-0.05, 0) is 49.6 Å². The molecule has 1 aliphatic heterocycles. The summed E-state index contributed by atoms with van der Waals surface area (Å²) in [6.07, 6.45) is -2.89. The zero-order chi connectivity index (χ0) is 15.7. The molecule has 21 heavy (non-hydrogen) atoms. The summed E-state index contributed by atoms with van der Waals surface area (Å²) in [5.41, 5.74) is 4.71. The molecule has 1 saturated heterocycles. The van der Waals surface area contributed by atoms with Crippen LogP contribution >= 0.6 is 0 Å². The van der Waals surface area contributed by atoms with Crippen LogP contribution in [0.5, 0.6) is 0 Å². The van der Waals surface area contributed by atoms with Crippen LogP contribution in [0.4, 0.5) is 13.2 Å². The zero-order valence-electron chi connectivity index (χ0n) is 11.3. The molecule has 0 radical (unpaired) electrons. The fourth-order valence-electron chi connectivity index (χ4n) is 2.40. The fraction of sp³-hybridized carbons (Fsp3) is 0.538. The number of rotatable bonds is 3. The Balaban J connectivity index is 2.23. The molecule has 1 aromatic rings. The average Bonchev–Trinajstić information content (AvgIpc) is 2.46. The van der Waals surface area contributed by atoms with E-state index in [1.165, 1.54) is 4.31 Å². The highest BCUT2D eigenvalue weighted by Gasteiger charge is 2.33. The van der Waals surface area contributed by atoms with E-state index in [1.807, 2.05) is 0 Å². The van der Waals surface area contributed by atoms with Gasteiger partial charge >= 0.3 is 6.18 Å². The number of hydrogen-bond donors (Lipinski definition) is 1. The first-order valence-electron chi connectivity index (χ1n) is 6.62. The van der Waals surface area contributed by atoms with Gasteiger partial charge in [0.15, 0.2) is 0 Å². The minimum absolute atomic E-state index is 0.1000. The molecule has 0 aromatic heterocycles. The fourth-order valence-corrected chi connectivity index (χ4v) is 3.96. The smallest absolute Gasteiger partial charge is 0.330 e. The van der Waals surface area contributed by atoms with Gasteiger partial charge < -0.3 is 5.73 Å². The number of halogens is 3. The lowest BCUT2D eigenvalue weighted by Crippen LogP contribution is -2.41. The second-order valence-corrected chi connectivity index (χ2v) is 7.07. The van der Waals surface area contributed by atoms with E-state index in [4.69, 9.17) is 5.73 Å². The summed E-state index contributed by atoms with van der Waals surface area (Å²) in [5, 5.41) is 0. The van der Waals surface area contributed by atoms with E-state index in [9.17, 15) is 21.6 Å². The highest BCUT2D eigenvalue weighted by Crippen LogP contribution is 2.30. The van der Waals surface area contributed by atoms with E-state index in [0.29, 0.717) is 26.1 Å². The summed E-state index contributed by atoms with van der Waals surface area (Å²) < 4.78 is 63.6. The molecule has 0 spiro atoms. The third-order valence-electron chi connectivity index (χ3n) is 3.63. The normalized spacial score (nSPS) is 21.4. The summed E-state index contributed by atoms with van der Waals surface area (Å²) in [6, 6.07) is 3.59. The molecule has 0 saturated carbocycles. The molecule has 1 atom stereocenters. The van der Waals surface area contributed by atoms with E-state index < -0.39 is 21.8 Å². The van der Waals surface area contributed by atoms with Crippen molar-refractivity contribution in [3.05, 3.63) is 29.8 Å². The Morgan fingerprint density at radius 3 is 2.38 bits per heavy atom. The van der Waals surface area contributed by atoms with E-state index in [2.05, 4.69) is 0 Å². The molecule has 1 aliphatic rings. The number of hydrogen-bond acceptors (Lipinski definition) is 3. The number of piperidine rings is 1. The predicted octanol–water partition coefficient (Wildman–Crippen LogP) is 2.06. The van der Waals surface area contributed by atoms with Gasteiger partial charge in [0.05, 0.1) is 10.5 Å². The molecule has 1 unspecified atom stereocenters. The molecule has 0 amide bonds. The lowest BCUT2D eigenvalue weighted by molar-refractivity contribution is -0.137. The summed E-state index contributed by atoms with van der Waals surface area (Å²) in [5.74, 6) is 0.1000. The summed E-state index contributed by atoms with van der Waals surface area (Å²) in [6.45, 7) is 1.10. The third kappa shape index (κ3) is 3.56. The number of nitrogens with two attached hydrogens (primary N) is 1. The topological polar surface area (TPSA) is 63.4 Å². The predicted molar refractivity (Wildman–Crippen MR) is 72.0 cm³/mol. The van der Waals surface area contributed by atoms with E-state index in [0.717, 1.165) is 30.7 Å². The number of sulfonamides is 1. The maximum atomic E-state index is 12.5. The van der Waals surface area contributed by atoms with Crippen molar-refractivity contribution in [2.24, 2.45) is 11.7 Å². The van der Waals surface area contributed by atoms with Gasteiger partial charge in [0.2, 0.25) is 10.0 Å². The maximum absolute atomic E-state index is 12.5. The first-order chi connectivity index (χ1) is 9.75. The maximum Gasteiger partial charge on any atom is 0.416 e. The van der Waals surface area contributed by atoms with Crippen molar-refractivity contribution >= 4 is 10.0 Å². The lowest BCUT2D eigenvalue weighted by Gasteiger charge is -2.31. The Morgan fingerprint density at radius 2 is 1.86 bits per heavy atom. The number of nitrogens with zero attached hydrogens (tertiary/aromatic N) is 1. The van der Waals surface area contributed by atoms with E-state index in [1.54, 1.807) is 0 Å². The molecule has 2 rings (SSSR count). The second-order valence-electron chi connectivity index (χ2n) is 5.13.